The van der Waals surface area contributed by atoms with Crippen LogP contribution in [0, 0.1) is 16.7 Å². The molecule has 0 saturated carbocycles. The third-order valence-electron chi connectivity index (χ3n) is 6.73. The van der Waals surface area contributed by atoms with Crippen LogP contribution in [0.4, 0.5) is 5.69 Å². The lowest BCUT2D eigenvalue weighted by molar-refractivity contribution is 0.0698. The monoisotopic (exact) mass is 471 g/mol. The molecule has 0 atom stereocenters. The summed E-state index contributed by atoms with van der Waals surface area (Å²) in [6, 6.07) is 8.05. The third-order valence-corrected chi connectivity index (χ3v) is 8.03. The number of pyridine rings is 1. The summed E-state index contributed by atoms with van der Waals surface area (Å²) in [6.45, 7) is 4.53. The molecule has 2 aliphatic heterocycles. The fourth-order valence-corrected chi connectivity index (χ4v) is 5.34. The van der Waals surface area contributed by atoms with Crippen molar-refractivity contribution in [3.63, 3.8) is 0 Å². The standard InChI is InChI=1S/C23H29N5O4S/c1-23(16-24)6-8-26(9-7-23)21-18-5-4-17(32-2)14-20(18)25-15-19(21)22(29)27-10-12-28(13-11-27)33(3,30)31/h4-5,14-15H,6-13H2,1-3H3. The normalized spacial score (nSPS) is 19.3. The summed E-state index contributed by atoms with van der Waals surface area (Å²) in [5.74, 6) is 0.532. The molecule has 176 valence electrons. The third kappa shape index (κ3) is 4.61. The van der Waals surface area contributed by atoms with Gasteiger partial charge in [0.15, 0.2) is 0 Å². The minimum absolute atomic E-state index is 0.156. The van der Waals surface area contributed by atoms with E-state index in [1.807, 2.05) is 25.1 Å². The SMILES string of the molecule is COc1ccc2c(N3CCC(C)(C#N)CC3)c(C(=O)N3CCN(S(C)(=O)=O)CC3)cnc2c1. The number of ether oxygens (including phenoxy) is 1. The lowest BCUT2D eigenvalue weighted by Crippen LogP contribution is -2.50. The summed E-state index contributed by atoms with van der Waals surface area (Å²) in [7, 11) is -1.68. The number of rotatable bonds is 4. The second-order valence-corrected chi connectivity index (χ2v) is 11.0. The van der Waals surface area contributed by atoms with Gasteiger partial charge in [-0.3, -0.25) is 9.78 Å². The number of methoxy groups -OCH3 is 1. The fraction of sp³-hybridized carbons (Fsp3) is 0.522. The first-order valence-corrected chi connectivity index (χ1v) is 12.9. The van der Waals surface area contributed by atoms with Crippen LogP contribution in [0.1, 0.15) is 30.1 Å². The number of piperazine rings is 1. The molecule has 10 heteroatoms. The average molecular weight is 472 g/mol. The van der Waals surface area contributed by atoms with Gasteiger partial charge in [0.25, 0.3) is 5.91 Å². The summed E-state index contributed by atoms with van der Waals surface area (Å²) in [6.07, 6.45) is 4.23. The summed E-state index contributed by atoms with van der Waals surface area (Å²) in [4.78, 5) is 22.0. The van der Waals surface area contributed by atoms with Gasteiger partial charge in [0, 0.05) is 56.9 Å². The van der Waals surface area contributed by atoms with Gasteiger partial charge in [0.2, 0.25) is 10.0 Å². The molecule has 2 aromatic rings. The van der Waals surface area contributed by atoms with E-state index in [-0.39, 0.29) is 24.4 Å². The highest BCUT2D eigenvalue weighted by Gasteiger charge is 2.34. The molecule has 0 bridgehead atoms. The van der Waals surface area contributed by atoms with Gasteiger partial charge in [-0.1, -0.05) is 0 Å². The Bertz CT molecular complexity index is 1210. The number of nitriles is 1. The Labute approximate surface area is 194 Å². The van der Waals surface area contributed by atoms with Crippen LogP contribution in [-0.4, -0.2) is 81.1 Å². The van der Waals surface area contributed by atoms with Crippen LogP contribution in [0.3, 0.4) is 0 Å². The highest BCUT2D eigenvalue weighted by molar-refractivity contribution is 7.88. The van der Waals surface area contributed by atoms with E-state index in [9.17, 15) is 18.5 Å². The van der Waals surface area contributed by atoms with E-state index in [0.29, 0.717) is 50.3 Å². The lowest BCUT2D eigenvalue weighted by Gasteiger charge is -2.38. The maximum atomic E-state index is 13.6. The minimum Gasteiger partial charge on any atom is -0.497 e. The van der Waals surface area contributed by atoms with Crippen molar-refractivity contribution in [1.29, 1.82) is 5.26 Å². The number of nitrogens with zero attached hydrogens (tertiary/aromatic N) is 5. The number of hydrogen-bond donors (Lipinski definition) is 0. The van der Waals surface area contributed by atoms with Gasteiger partial charge in [0.05, 0.1) is 41.6 Å². The second kappa shape index (κ2) is 8.80. The first kappa shape index (κ1) is 23.3. The Morgan fingerprint density at radius 1 is 1.15 bits per heavy atom. The molecule has 0 unspecified atom stereocenters. The van der Waals surface area contributed by atoms with Gasteiger partial charge in [-0.15, -0.1) is 0 Å². The van der Waals surface area contributed by atoms with Crippen LogP contribution in [-0.2, 0) is 10.0 Å². The van der Waals surface area contributed by atoms with E-state index in [0.717, 1.165) is 16.6 Å². The van der Waals surface area contributed by atoms with Crippen molar-refractivity contribution in [1.82, 2.24) is 14.2 Å². The van der Waals surface area contributed by atoms with Gasteiger partial charge in [-0.25, -0.2) is 8.42 Å². The van der Waals surface area contributed by atoms with Crippen molar-refractivity contribution in [3.05, 3.63) is 30.0 Å². The van der Waals surface area contributed by atoms with Crippen molar-refractivity contribution in [3.8, 4) is 11.8 Å². The van der Waals surface area contributed by atoms with E-state index < -0.39 is 10.0 Å². The zero-order valence-corrected chi connectivity index (χ0v) is 20.1. The number of amides is 1. The molecular formula is C23H29N5O4S. The van der Waals surface area contributed by atoms with Crippen molar-refractivity contribution in [2.75, 3.05) is 57.5 Å². The maximum Gasteiger partial charge on any atom is 0.257 e. The Hall–Kier alpha value is -2.90. The number of carbonyl (C=O) groups excluding carboxylic acids is 1. The van der Waals surface area contributed by atoms with Crippen molar-refractivity contribution >= 4 is 32.5 Å². The van der Waals surface area contributed by atoms with Crippen LogP contribution in [0.5, 0.6) is 5.75 Å². The molecule has 3 heterocycles. The molecule has 2 fully saturated rings. The summed E-state index contributed by atoms with van der Waals surface area (Å²) in [5, 5.41) is 10.4. The first-order chi connectivity index (χ1) is 15.6. The number of sulfonamides is 1. The van der Waals surface area contributed by atoms with Crippen LogP contribution in [0.15, 0.2) is 24.4 Å². The molecule has 1 amide bonds. The Balaban J connectivity index is 1.70. The predicted molar refractivity (Wildman–Crippen MR) is 126 cm³/mol. The number of fused-ring (bicyclic) bond motifs is 1. The molecule has 0 radical (unpaired) electrons. The van der Waals surface area contributed by atoms with Crippen LogP contribution < -0.4 is 9.64 Å². The van der Waals surface area contributed by atoms with Crippen molar-refractivity contribution in [2.45, 2.75) is 19.8 Å². The molecule has 0 N–H and O–H groups in total. The van der Waals surface area contributed by atoms with Gasteiger partial charge in [-0.2, -0.15) is 9.57 Å². The van der Waals surface area contributed by atoms with Crippen LogP contribution in [0.25, 0.3) is 10.9 Å². The van der Waals surface area contributed by atoms with Crippen LogP contribution >= 0.6 is 0 Å². The predicted octanol–water partition coefficient (Wildman–Crippen LogP) is 2.09. The maximum absolute atomic E-state index is 13.6. The van der Waals surface area contributed by atoms with E-state index in [2.05, 4.69) is 16.0 Å². The zero-order valence-electron chi connectivity index (χ0n) is 19.2. The summed E-state index contributed by atoms with van der Waals surface area (Å²) in [5.41, 5.74) is 1.69. The average Bonchev–Trinajstić information content (AvgIpc) is 2.82. The van der Waals surface area contributed by atoms with E-state index >= 15 is 0 Å². The molecular weight excluding hydrogens is 442 g/mol. The van der Waals surface area contributed by atoms with Gasteiger partial charge in [0.1, 0.15) is 5.75 Å². The molecule has 0 spiro atoms. The number of anilines is 1. The molecule has 2 aliphatic rings. The fourth-order valence-electron chi connectivity index (χ4n) is 4.51. The number of hydrogen-bond acceptors (Lipinski definition) is 7. The Morgan fingerprint density at radius 2 is 1.82 bits per heavy atom. The molecule has 1 aromatic carbocycles. The van der Waals surface area contributed by atoms with Gasteiger partial charge in [-0.05, 0) is 31.9 Å². The molecule has 33 heavy (non-hydrogen) atoms. The van der Waals surface area contributed by atoms with Gasteiger partial charge < -0.3 is 14.5 Å². The van der Waals surface area contributed by atoms with Gasteiger partial charge >= 0.3 is 0 Å². The summed E-state index contributed by atoms with van der Waals surface area (Å²) < 4.78 is 30.4. The van der Waals surface area contributed by atoms with E-state index in [1.165, 1.54) is 10.6 Å². The second-order valence-electron chi connectivity index (χ2n) is 9.02. The first-order valence-electron chi connectivity index (χ1n) is 11.0. The highest BCUT2D eigenvalue weighted by Crippen LogP contribution is 2.38. The van der Waals surface area contributed by atoms with E-state index in [1.54, 1.807) is 18.2 Å². The molecule has 1 aromatic heterocycles. The number of carbonyl (C=O) groups is 1. The molecule has 4 rings (SSSR count). The number of piperidine rings is 1. The quantitative estimate of drug-likeness (QED) is 0.672. The minimum atomic E-state index is -3.28. The highest BCUT2D eigenvalue weighted by atomic mass is 32.2. The largest absolute Gasteiger partial charge is 0.497 e. The topological polar surface area (TPSA) is 107 Å². The molecule has 2 saturated heterocycles. The van der Waals surface area contributed by atoms with Crippen molar-refractivity contribution in [2.24, 2.45) is 5.41 Å². The van der Waals surface area contributed by atoms with Crippen LogP contribution in [0.2, 0.25) is 0 Å². The van der Waals surface area contributed by atoms with E-state index in [4.69, 9.17) is 4.74 Å². The zero-order chi connectivity index (χ0) is 23.8. The lowest BCUT2D eigenvalue weighted by atomic mass is 9.81. The Morgan fingerprint density at radius 3 is 2.39 bits per heavy atom. The Kier molecular flexibility index (Phi) is 6.20. The molecule has 9 nitrogen and oxygen atoms in total. The number of aromatic nitrogens is 1. The molecule has 0 aliphatic carbocycles. The summed E-state index contributed by atoms with van der Waals surface area (Å²) >= 11 is 0. The van der Waals surface area contributed by atoms with Crippen molar-refractivity contribution < 1.29 is 17.9 Å². The smallest absolute Gasteiger partial charge is 0.257 e. The number of benzene rings is 1.